The van der Waals surface area contributed by atoms with Gasteiger partial charge >= 0.3 is 0 Å². The standard InChI is InChI=1S/C7H6ClN3/c1-5-9-2-6-3-10-7(8)4-11(5)6/h2-4H,1H3. The first-order valence-electron chi connectivity index (χ1n) is 3.22. The van der Waals surface area contributed by atoms with Crippen molar-refractivity contribution >= 4 is 17.1 Å². The molecule has 2 aromatic rings. The molecule has 0 saturated heterocycles. The number of rotatable bonds is 0. The Hall–Kier alpha value is -1.09. The number of nitrogens with zero attached hydrogens (tertiary/aromatic N) is 3. The molecule has 0 aromatic carbocycles. The molecule has 0 N–H and O–H groups in total. The molecule has 0 spiro atoms. The van der Waals surface area contributed by atoms with E-state index in [-0.39, 0.29) is 0 Å². The van der Waals surface area contributed by atoms with Gasteiger partial charge in [0.2, 0.25) is 0 Å². The number of hydrogen-bond donors (Lipinski definition) is 0. The number of halogens is 1. The third kappa shape index (κ3) is 0.973. The topological polar surface area (TPSA) is 30.2 Å². The van der Waals surface area contributed by atoms with Crippen molar-refractivity contribution in [2.24, 2.45) is 0 Å². The Bertz CT molecular complexity index is 393. The van der Waals surface area contributed by atoms with E-state index in [0.29, 0.717) is 5.15 Å². The van der Waals surface area contributed by atoms with Crippen LogP contribution in [0.25, 0.3) is 5.52 Å². The van der Waals surface area contributed by atoms with Crippen molar-refractivity contribution < 1.29 is 0 Å². The van der Waals surface area contributed by atoms with E-state index in [9.17, 15) is 0 Å². The Labute approximate surface area is 68.7 Å². The summed E-state index contributed by atoms with van der Waals surface area (Å²) in [5, 5.41) is 0.485. The lowest BCUT2D eigenvalue weighted by atomic mass is 10.6. The predicted octanol–water partition coefficient (Wildman–Crippen LogP) is 1.69. The molecular formula is C7H6ClN3. The average molecular weight is 168 g/mol. The van der Waals surface area contributed by atoms with Crippen molar-refractivity contribution in [3.05, 3.63) is 29.6 Å². The first-order valence-corrected chi connectivity index (χ1v) is 3.60. The van der Waals surface area contributed by atoms with Crippen LogP contribution in [0.5, 0.6) is 0 Å². The molecule has 0 radical (unpaired) electrons. The minimum absolute atomic E-state index is 0.485. The molecular weight excluding hydrogens is 162 g/mol. The number of imidazole rings is 1. The summed E-state index contributed by atoms with van der Waals surface area (Å²) in [4.78, 5) is 8.03. The largest absolute Gasteiger partial charge is 0.299 e. The summed E-state index contributed by atoms with van der Waals surface area (Å²) < 4.78 is 1.90. The fourth-order valence-corrected chi connectivity index (χ4v) is 1.15. The molecule has 0 atom stereocenters. The summed E-state index contributed by atoms with van der Waals surface area (Å²) in [6, 6.07) is 0. The number of fused-ring (bicyclic) bond motifs is 1. The fraction of sp³-hybridized carbons (Fsp3) is 0.143. The minimum Gasteiger partial charge on any atom is -0.299 e. The van der Waals surface area contributed by atoms with Crippen molar-refractivity contribution in [3.8, 4) is 0 Å². The summed E-state index contributed by atoms with van der Waals surface area (Å²) in [6.45, 7) is 1.92. The van der Waals surface area contributed by atoms with Crippen molar-refractivity contribution in [2.45, 2.75) is 6.92 Å². The fourth-order valence-electron chi connectivity index (χ4n) is 1.00. The SMILES string of the molecule is Cc1ncc2cnc(Cl)cn12. The van der Waals surface area contributed by atoms with E-state index in [1.54, 1.807) is 18.6 Å². The second-order valence-electron chi connectivity index (χ2n) is 2.31. The van der Waals surface area contributed by atoms with Crippen molar-refractivity contribution in [1.29, 1.82) is 0 Å². The average Bonchev–Trinajstić information content (AvgIpc) is 2.33. The highest BCUT2D eigenvalue weighted by atomic mass is 35.5. The van der Waals surface area contributed by atoms with Crippen LogP contribution in [0.15, 0.2) is 18.6 Å². The summed E-state index contributed by atoms with van der Waals surface area (Å²) >= 11 is 5.69. The van der Waals surface area contributed by atoms with Crippen molar-refractivity contribution in [2.75, 3.05) is 0 Å². The van der Waals surface area contributed by atoms with Gasteiger partial charge in [0.05, 0.1) is 17.9 Å². The molecule has 0 bridgehead atoms. The molecule has 2 heterocycles. The van der Waals surface area contributed by atoms with Crippen LogP contribution in [0, 0.1) is 6.92 Å². The molecule has 0 aliphatic heterocycles. The van der Waals surface area contributed by atoms with E-state index >= 15 is 0 Å². The zero-order chi connectivity index (χ0) is 7.84. The minimum atomic E-state index is 0.485. The highest BCUT2D eigenvalue weighted by Crippen LogP contribution is 2.08. The van der Waals surface area contributed by atoms with Crippen LogP contribution >= 0.6 is 11.6 Å². The molecule has 2 aromatic heterocycles. The Balaban J connectivity index is 2.87. The van der Waals surface area contributed by atoms with Crippen LogP contribution in [0.2, 0.25) is 5.15 Å². The van der Waals surface area contributed by atoms with Gasteiger partial charge in [-0.05, 0) is 6.92 Å². The summed E-state index contributed by atoms with van der Waals surface area (Å²) in [7, 11) is 0. The van der Waals surface area contributed by atoms with Gasteiger partial charge in [0, 0.05) is 6.20 Å². The summed E-state index contributed by atoms with van der Waals surface area (Å²) in [5.41, 5.74) is 0.965. The van der Waals surface area contributed by atoms with Gasteiger partial charge < -0.3 is 0 Å². The smallest absolute Gasteiger partial charge is 0.145 e. The highest BCUT2D eigenvalue weighted by molar-refractivity contribution is 6.29. The van der Waals surface area contributed by atoms with Crippen molar-refractivity contribution in [3.63, 3.8) is 0 Å². The van der Waals surface area contributed by atoms with Gasteiger partial charge in [-0.2, -0.15) is 0 Å². The molecule has 4 heteroatoms. The first-order chi connectivity index (χ1) is 5.27. The second-order valence-corrected chi connectivity index (χ2v) is 2.70. The maximum Gasteiger partial charge on any atom is 0.145 e. The third-order valence-electron chi connectivity index (χ3n) is 1.57. The Morgan fingerprint density at radius 2 is 2.09 bits per heavy atom. The number of hydrogen-bond acceptors (Lipinski definition) is 2. The molecule has 0 fully saturated rings. The van der Waals surface area contributed by atoms with Crippen molar-refractivity contribution in [1.82, 2.24) is 14.4 Å². The Morgan fingerprint density at radius 1 is 1.36 bits per heavy atom. The van der Waals surface area contributed by atoms with Gasteiger partial charge in [-0.3, -0.25) is 4.40 Å². The maximum absolute atomic E-state index is 5.69. The molecule has 11 heavy (non-hydrogen) atoms. The zero-order valence-corrected chi connectivity index (χ0v) is 6.71. The second kappa shape index (κ2) is 2.20. The van der Waals surface area contributed by atoms with E-state index in [1.807, 2.05) is 11.3 Å². The van der Waals surface area contributed by atoms with Gasteiger partial charge in [0.25, 0.3) is 0 Å². The monoisotopic (exact) mass is 167 g/mol. The van der Waals surface area contributed by atoms with Crippen LogP contribution in [0.3, 0.4) is 0 Å². The van der Waals surface area contributed by atoms with E-state index in [2.05, 4.69) is 9.97 Å². The van der Waals surface area contributed by atoms with Gasteiger partial charge in [0.15, 0.2) is 0 Å². The molecule has 0 amide bonds. The zero-order valence-electron chi connectivity index (χ0n) is 5.95. The number of aromatic nitrogens is 3. The maximum atomic E-state index is 5.69. The molecule has 0 aliphatic rings. The first kappa shape index (κ1) is 6.61. The molecule has 2 rings (SSSR count). The lowest BCUT2D eigenvalue weighted by molar-refractivity contribution is 1.03. The molecule has 0 saturated carbocycles. The summed E-state index contributed by atoms with van der Waals surface area (Å²) in [6.07, 6.45) is 5.21. The van der Waals surface area contributed by atoms with E-state index < -0.39 is 0 Å². The van der Waals surface area contributed by atoms with E-state index in [1.165, 1.54) is 0 Å². The van der Waals surface area contributed by atoms with Gasteiger partial charge in [-0.15, -0.1) is 0 Å². The molecule has 0 aliphatic carbocycles. The highest BCUT2D eigenvalue weighted by Gasteiger charge is 1.98. The van der Waals surface area contributed by atoms with Gasteiger partial charge in [0.1, 0.15) is 11.0 Å². The van der Waals surface area contributed by atoms with Crippen LogP contribution in [0.1, 0.15) is 5.82 Å². The summed E-state index contributed by atoms with van der Waals surface area (Å²) in [5.74, 6) is 0.921. The van der Waals surface area contributed by atoms with E-state index in [4.69, 9.17) is 11.6 Å². The third-order valence-corrected chi connectivity index (χ3v) is 1.76. The number of aryl methyl sites for hydroxylation is 1. The lowest BCUT2D eigenvalue weighted by Gasteiger charge is -1.94. The molecule has 3 nitrogen and oxygen atoms in total. The van der Waals surface area contributed by atoms with E-state index in [0.717, 1.165) is 11.3 Å². The van der Waals surface area contributed by atoms with Crippen LogP contribution < -0.4 is 0 Å². The Morgan fingerprint density at radius 3 is 2.91 bits per heavy atom. The normalized spacial score (nSPS) is 10.7. The molecule has 56 valence electrons. The van der Waals surface area contributed by atoms with Crippen LogP contribution in [0.4, 0.5) is 0 Å². The van der Waals surface area contributed by atoms with Gasteiger partial charge in [-0.1, -0.05) is 11.6 Å². The lowest BCUT2D eigenvalue weighted by Crippen LogP contribution is -1.88. The quantitative estimate of drug-likeness (QED) is 0.598. The van der Waals surface area contributed by atoms with Crippen LogP contribution in [-0.2, 0) is 0 Å². The van der Waals surface area contributed by atoms with Crippen LogP contribution in [-0.4, -0.2) is 14.4 Å². The Kier molecular flexibility index (Phi) is 1.32. The predicted molar refractivity (Wildman–Crippen MR) is 42.7 cm³/mol. The molecule has 0 unspecified atom stereocenters. The van der Waals surface area contributed by atoms with Gasteiger partial charge in [-0.25, -0.2) is 9.97 Å².